The van der Waals surface area contributed by atoms with E-state index in [1.54, 1.807) is 12.3 Å². The van der Waals surface area contributed by atoms with Crippen LogP contribution in [0, 0.1) is 13.8 Å². The van der Waals surface area contributed by atoms with Crippen LogP contribution in [0.1, 0.15) is 15.4 Å². The lowest BCUT2D eigenvalue weighted by molar-refractivity contribution is -0.121. The maximum atomic E-state index is 12.4. The van der Waals surface area contributed by atoms with Crippen molar-refractivity contribution in [3.63, 3.8) is 0 Å². The van der Waals surface area contributed by atoms with Gasteiger partial charge in [-0.2, -0.15) is 0 Å². The summed E-state index contributed by atoms with van der Waals surface area (Å²) >= 11 is 1.54. The van der Waals surface area contributed by atoms with Crippen molar-refractivity contribution >= 4 is 28.1 Å². The summed E-state index contributed by atoms with van der Waals surface area (Å²) in [5.74, 6) is -0.230. The number of carbonyl (C=O) groups excluding carboxylic acids is 1. The zero-order valence-corrected chi connectivity index (χ0v) is 13.7. The Morgan fingerprint density at radius 3 is 2.87 bits per heavy atom. The fourth-order valence-electron chi connectivity index (χ4n) is 2.33. The Morgan fingerprint density at radius 1 is 1.30 bits per heavy atom. The number of amides is 1. The fraction of sp³-hybridized carbons (Fsp3) is 0.250. The van der Waals surface area contributed by atoms with E-state index >= 15 is 0 Å². The average molecular weight is 328 g/mol. The molecule has 0 bridgehead atoms. The molecule has 3 aromatic rings. The second kappa shape index (κ2) is 6.29. The van der Waals surface area contributed by atoms with Gasteiger partial charge in [0.15, 0.2) is 0 Å². The molecule has 3 rings (SSSR count). The van der Waals surface area contributed by atoms with Crippen LogP contribution in [-0.2, 0) is 17.9 Å². The summed E-state index contributed by atoms with van der Waals surface area (Å²) in [6.07, 6.45) is 3.17. The largest absolute Gasteiger partial charge is 0.350 e. The van der Waals surface area contributed by atoms with Gasteiger partial charge in [-0.25, -0.2) is 9.97 Å². The Kier molecular flexibility index (Phi) is 4.20. The van der Waals surface area contributed by atoms with E-state index in [0.717, 1.165) is 15.4 Å². The first-order valence-corrected chi connectivity index (χ1v) is 7.99. The highest BCUT2D eigenvalue weighted by Gasteiger charge is 2.09. The molecule has 0 aliphatic heterocycles. The first-order chi connectivity index (χ1) is 11.0. The van der Waals surface area contributed by atoms with E-state index in [2.05, 4.69) is 15.3 Å². The third-order valence-corrected chi connectivity index (χ3v) is 4.41. The molecule has 0 atom stereocenters. The molecule has 0 aliphatic carbocycles. The van der Waals surface area contributed by atoms with Gasteiger partial charge < -0.3 is 5.32 Å². The lowest BCUT2D eigenvalue weighted by Gasteiger charge is -2.08. The van der Waals surface area contributed by atoms with Crippen molar-refractivity contribution in [3.8, 4) is 0 Å². The average Bonchev–Trinajstić information content (AvgIpc) is 2.94. The molecule has 1 aromatic carbocycles. The molecular formula is C16H16N4O2S. The molecule has 1 N–H and O–H groups in total. The second-order valence-electron chi connectivity index (χ2n) is 5.27. The summed E-state index contributed by atoms with van der Waals surface area (Å²) in [6, 6.07) is 5.45. The number of hydrogen-bond acceptors (Lipinski definition) is 5. The van der Waals surface area contributed by atoms with Crippen molar-refractivity contribution in [1.29, 1.82) is 0 Å². The van der Waals surface area contributed by atoms with Crippen molar-refractivity contribution in [2.75, 3.05) is 0 Å². The molecule has 6 nitrogen and oxygen atoms in total. The predicted molar refractivity (Wildman–Crippen MR) is 89.4 cm³/mol. The number of benzene rings is 1. The smallest absolute Gasteiger partial charge is 0.261 e. The summed E-state index contributed by atoms with van der Waals surface area (Å²) in [5, 5.41) is 4.28. The van der Waals surface area contributed by atoms with Crippen molar-refractivity contribution in [2.45, 2.75) is 26.9 Å². The maximum Gasteiger partial charge on any atom is 0.261 e. The van der Waals surface area contributed by atoms with Crippen LogP contribution in [0.3, 0.4) is 0 Å². The fourth-order valence-corrected chi connectivity index (χ4v) is 3.07. The van der Waals surface area contributed by atoms with E-state index in [1.807, 2.05) is 26.0 Å². The summed E-state index contributed by atoms with van der Waals surface area (Å²) in [5.41, 5.74) is 1.41. The lowest BCUT2D eigenvalue weighted by atomic mass is 10.1. The van der Waals surface area contributed by atoms with E-state index < -0.39 is 0 Å². The molecule has 0 fully saturated rings. The molecule has 0 aliphatic rings. The Morgan fingerprint density at radius 2 is 2.13 bits per heavy atom. The molecule has 2 aromatic heterocycles. The Bertz CT molecular complexity index is 929. The maximum absolute atomic E-state index is 12.4. The molecule has 7 heteroatoms. The molecular weight excluding hydrogens is 312 g/mol. The highest BCUT2D eigenvalue weighted by atomic mass is 32.1. The minimum absolute atomic E-state index is 0.0481. The van der Waals surface area contributed by atoms with Crippen LogP contribution in [0.15, 0.2) is 35.5 Å². The van der Waals surface area contributed by atoms with Gasteiger partial charge in [-0.3, -0.25) is 14.2 Å². The summed E-state index contributed by atoms with van der Waals surface area (Å²) in [4.78, 5) is 33.9. The third-order valence-electron chi connectivity index (χ3n) is 3.50. The monoisotopic (exact) mass is 328 g/mol. The highest BCUT2D eigenvalue weighted by molar-refractivity contribution is 7.11. The van der Waals surface area contributed by atoms with Crippen LogP contribution < -0.4 is 10.9 Å². The first-order valence-electron chi connectivity index (χ1n) is 7.17. The van der Waals surface area contributed by atoms with Gasteiger partial charge in [-0.15, -0.1) is 11.3 Å². The highest BCUT2D eigenvalue weighted by Crippen LogP contribution is 2.12. The van der Waals surface area contributed by atoms with E-state index in [9.17, 15) is 9.59 Å². The standard InChI is InChI=1S/C16H16N4O2S/c1-10-4-3-5-13-15(10)19-9-20(16(13)22)8-14(21)18-7-12-6-17-11(2)23-12/h3-6,9H,7-8H2,1-2H3,(H,18,21). The number of nitrogens with one attached hydrogen (secondary N) is 1. The number of para-hydroxylation sites is 1. The Labute approximate surface area is 136 Å². The number of nitrogens with zero attached hydrogens (tertiary/aromatic N) is 3. The molecule has 0 radical (unpaired) electrons. The van der Waals surface area contributed by atoms with E-state index in [-0.39, 0.29) is 18.0 Å². The van der Waals surface area contributed by atoms with Crippen molar-refractivity contribution in [1.82, 2.24) is 19.9 Å². The SMILES string of the molecule is Cc1ncc(CNC(=O)Cn2cnc3c(C)cccc3c2=O)s1. The number of fused-ring (bicyclic) bond motifs is 1. The van der Waals surface area contributed by atoms with Crippen LogP contribution in [0.5, 0.6) is 0 Å². The van der Waals surface area contributed by atoms with Crippen LogP contribution in [0.4, 0.5) is 0 Å². The topological polar surface area (TPSA) is 76.9 Å². The molecule has 2 heterocycles. The lowest BCUT2D eigenvalue weighted by Crippen LogP contribution is -2.32. The molecule has 0 saturated carbocycles. The van der Waals surface area contributed by atoms with Crippen LogP contribution >= 0.6 is 11.3 Å². The van der Waals surface area contributed by atoms with E-state index in [4.69, 9.17) is 0 Å². The Balaban J connectivity index is 1.75. The number of aromatic nitrogens is 3. The summed E-state index contributed by atoms with van der Waals surface area (Å²) in [7, 11) is 0. The molecule has 1 amide bonds. The second-order valence-corrected chi connectivity index (χ2v) is 6.59. The van der Waals surface area contributed by atoms with Gasteiger partial charge in [0.2, 0.25) is 5.91 Å². The molecule has 0 unspecified atom stereocenters. The minimum atomic E-state index is -0.230. The number of hydrogen-bond donors (Lipinski definition) is 1. The normalized spacial score (nSPS) is 10.9. The van der Waals surface area contributed by atoms with Gasteiger partial charge in [-0.05, 0) is 25.5 Å². The van der Waals surface area contributed by atoms with Crippen LogP contribution in [0.2, 0.25) is 0 Å². The Hall–Kier alpha value is -2.54. The molecule has 23 heavy (non-hydrogen) atoms. The van der Waals surface area contributed by atoms with Crippen LogP contribution in [-0.4, -0.2) is 20.4 Å². The minimum Gasteiger partial charge on any atom is -0.350 e. The van der Waals surface area contributed by atoms with E-state index in [1.165, 1.54) is 22.2 Å². The van der Waals surface area contributed by atoms with Gasteiger partial charge in [0, 0.05) is 11.1 Å². The van der Waals surface area contributed by atoms with Crippen molar-refractivity contribution in [3.05, 3.63) is 56.5 Å². The quantitative estimate of drug-likeness (QED) is 0.792. The number of rotatable bonds is 4. The van der Waals surface area contributed by atoms with Gasteiger partial charge in [0.1, 0.15) is 6.54 Å². The third kappa shape index (κ3) is 3.29. The molecule has 0 spiro atoms. The number of carbonyl (C=O) groups is 1. The van der Waals surface area contributed by atoms with E-state index in [0.29, 0.717) is 17.4 Å². The number of thiazole rings is 1. The zero-order valence-electron chi connectivity index (χ0n) is 12.9. The van der Waals surface area contributed by atoms with Gasteiger partial charge in [0.25, 0.3) is 5.56 Å². The van der Waals surface area contributed by atoms with Gasteiger partial charge in [-0.1, -0.05) is 12.1 Å². The van der Waals surface area contributed by atoms with Crippen LogP contribution in [0.25, 0.3) is 10.9 Å². The summed E-state index contributed by atoms with van der Waals surface area (Å²) in [6.45, 7) is 4.19. The molecule has 0 saturated heterocycles. The summed E-state index contributed by atoms with van der Waals surface area (Å²) < 4.78 is 1.33. The van der Waals surface area contributed by atoms with Gasteiger partial charge >= 0.3 is 0 Å². The number of aryl methyl sites for hydroxylation is 2. The molecule has 118 valence electrons. The van der Waals surface area contributed by atoms with Gasteiger partial charge in [0.05, 0.1) is 28.8 Å². The van der Waals surface area contributed by atoms with Crippen molar-refractivity contribution in [2.24, 2.45) is 0 Å². The first kappa shape index (κ1) is 15.4. The zero-order chi connectivity index (χ0) is 16.4. The van der Waals surface area contributed by atoms with Crippen molar-refractivity contribution < 1.29 is 4.79 Å². The predicted octanol–water partition coefficient (Wildman–Crippen LogP) is 1.79.